The summed E-state index contributed by atoms with van der Waals surface area (Å²) in [6, 6.07) is 8.31. The van der Waals surface area contributed by atoms with Gasteiger partial charge in [0.1, 0.15) is 29.6 Å². The van der Waals surface area contributed by atoms with Crippen LogP contribution in [-0.2, 0) is 28.1 Å². The Hall–Kier alpha value is -2.80. The highest BCUT2D eigenvalue weighted by atomic mass is 31.2. The molecule has 0 unspecified atom stereocenters. The molecule has 6 atom stereocenters. The van der Waals surface area contributed by atoms with E-state index in [-0.39, 0.29) is 12.4 Å². The molecule has 1 aromatic carbocycles. The third kappa shape index (κ3) is 5.93. The molecule has 3 heterocycles. The summed E-state index contributed by atoms with van der Waals surface area (Å²) in [6.07, 6.45) is -0.673. The average molecular weight is 554 g/mol. The van der Waals surface area contributed by atoms with E-state index in [9.17, 15) is 24.1 Å². The first kappa shape index (κ1) is 28.2. The maximum Gasteiger partial charge on any atom is 0.459 e. The molecule has 0 saturated carbocycles. The number of nitrogens with zero attached hydrogens (tertiary/aromatic N) is 1. The van der Waals surface area contributed by atoms with Crippen LogP contribution in [0.15, 0.2) is 52.2 Å². The SMILES string of the molecule is CCCCOC(=O)[C@H](C)N[P@](=O)(OC[C@H]1O[C@@H](n2c(=O)cc[nH]c2=O)[C@@]2(CCO2)[C@@H]1O)Oc1ccccc1. The van der Waals surface area contributed by atoms with Crippen LogP contribution >= 0.6 is 7.75 Å². The fourth-order valence-corrected chi connectivity index (χ4v) is 5.76. The Balaban J connectivity index is 1.52. The van der Waals surface area contributed by atoms with Gasteiger partial charge in [-0.05, 0) is 25.5 Å². The average Bonchev–Trinajstić information content (AvgIpc) is 3.15. The number of benzene rings is 1. The van der Waals surface area contributed by atoms with Crippen LogP contribution in [0.3, 0.4) is 0 Å². The molecule has 0 amide bonds. The molecular weight excluding hydrogens is 521 g/mol. The maximum absolute atomic E-state index is 13.8. The largest absolute Gasteiger partial charge is 0.465 e. The van der Waals surface area contributed by atoms with Gasteiger partial charge >= 0.3 is 19.4 Å². The van der Waals surface area contributed by atoms with Crippen molar-refractivity contribution in [1.82, 2.24) is 14.6 Å². The van der Waals surface area contributed by atoms with Crippen LogP contribution in [0.5, 0.6) is 5.75 Å². The van der Waals surface area contributed by atoms with Crippen molar-refractivity contribution in [2.45, 2.75) is 63.2 Å². The molecule has 2 fully saturated rings. The highest BCUT2D eigenvalue weighted by Crippen LogP contribution is 2.50. The van der Waals surface area contributed by atoms with Crippen molar-refractivity contribution in [1.29, 1.82) is 0 Å². The summed E-state index contributed by atoms with van der Waals surface area (Å²) in [6.45, 7) is 3.45. The van der Waals surface area contributed by atoms with Gasteiger partial charge in [0.25, 0.3) is 5.56 Å². The van der Waals surface area contributed by atoms with E-state index >= 15 is 0 Å². The van der Waals surface area contributed by atoms with Gasteiger partial charge < -0.3 is 28.8 Å². The number of hydrogen-bond donors (Lipinski definition) is 3. The minimum atomic E-state index is -4.23. The van der Waals surface area contributed by atoms with Gasteiger partial charge in [-0.3, -0.25) is 14.1 Å². The summed E-state index contributed by atoms with van der Waals surface area (Å²) in [5, 5.41) is 13.6. The summed E-state index contributed by atoms with van der Waals surface area (Å²) < 4.78 is 42.6. The molecule has 0 radical (unpaired) electrons. The predicted octanol–water partition coefficient (Wildman–Crippen LogP) is 1.48. The Bertz CT molecular complexity index is 1230. The van der Waals surface area contributed by atoms with Crippen molar-refractivity contribution in [3.05, 3.63) is 63.4 Å². The van der Waals surface area contributed by atoms with Crippen LogP contribution in [-0.4, -0.2) is 64.3 Å². The smallest absolute Gasteiger partial charge is 0.459 e. The van der Waals surface area contributed by atoms with Crippen LogP contribution in [0.25, 0.3) is 0 Å². The number of aromatic nitrogens is 2. The second kappa shape index (κ2) is 11.9. The Labute approximate surface area is 218 Å². The molecule has 2 aromatic rings. The van der Waals surface area contributed by atoms with Crippen LogP contribution in [0.2, 0.25) is 0 Å². The van der Waals surface area contributed by atoms with Crippen molar-refractivity contribution in [2.75, 3.05) is 19.8 Å². The lowest BCUT2D eigenvalue weighted by Gasteiger charge is -2.43. The Morgan fingerprint density at radius 3 is 2.68 bits per heavy atom. The Morgan fingerprint density at radius 1 is 1.32 bits per heavy atom. The number of esters is 1. The molecule has 38 heavy (non-hydrogen) atoms. The van der Waals surface area contributed by atoms with E-state index < -0.39 is 61.7 Å². The third-order valence-electron chi connectivity index (χ3n) is 6.39. The molecule has 2 aliphatic rings. The van der Waals surface area contributed by atoms with E-state index in [2.05, 4.69) is 10.1 Å². The zero-order valence-electron chi connectivity index (χ0n) is 21.1. The number of rotatable bonds is 12. The van der Waals surface area contributed by atoms with Crippen LogP contribution < -0.4 is 20.9 Å². The molecule has 2 saturated heterocycles. The van der Waals surface area contributed by atoms with Gasteiger partial charge in [-0.2, -0.15) is 5.09 Å². The molecule has 13 nitrogen and oxygen atoms in total. The monoisotopic (exact) mass is 553 g/mol. The van der Waals surface area contributed by atoms with Crippen molar-refractivity contribution in [3.63, 3.8) is 0 Å². The topological polar surface area (TPSA) is 167 Å². The molecule has 1 aromatic heterocycles. The molecule has 0 aliphatic carbocycles. The van der Waals surface area contributed by atoms with Gasteiger partial charge in [-0.1, -0.05) is 31.5 Å². The molecule has 2 aliphatic heterocycles. The Kier molecular flexibility index (Phi) is 8.86. The van der Waals surface area contributed by atoms with E-state index in [0.29, 0.717) is 19.4 Å². The number of H-pyrrole nitrogens is 1. The summed E-state index contributed by atoms with van der Waals surface area (Å²) in [4.78, 5) is 39.7. The van der Waals surface area contributed by atoms with E-state index in [1.165, 1.54) is 13.1 Å². The van der Waals surface area contributed by atoms with Gasteiger partial charge in [0.15, 0.2) is 6.23 Å². The van der Waals surface area contributed by atoms with E-state index in [0.717, 1.165) is 17.1 Å². The number of carbonyl (C=O) groups excluding carboxylic acids is 1. The molecule has 208 valence electrons. The van der Waals surface area contributed by atoms with E-state index in [1.54, 1.807) is 30.3 Å². The molecule has 1 spiro atoms. The number of para-hydroxylation sites is 1. The van der Waals surface area contributed by atoms with Gasteiger partial charge in [0.05, 0.1) is 19.8 Å². The fraction of sp³-hybridized carbons (Fsp3) is 0.542. The van der Waals surface area contributed by atoms with Crippen LogP contribution in [0.1, 0.15) is 39.3 Å². The zero-order valence-corrected chi connectivity index (χ0v) is 22.0. The van der Waals surface area contributed by atoms with Gasteiger partial charge in [-0.25, -0.2) is 13.9 Å². The lowest BCUT2D eigenvalue weighted by molar-refractivity contribution is -0.227. The van der Waals surface area contributed by atoms with E-state index in [1.807, 2.05) is 6.92 Å². The number of aliphatic hydroxyl groups excluding tert-OH is 1. The molecule has 3 N–H and O–H groups in total. The number of nitrogens with one attached hydrogen (secondary N) is 2. The number of carbonyl (C=O) groups is 1. The minimum Gasteiger partial charge on any atom is -0.465 e. The minimum absolute atomic E-state index is 0.210. The van der Waals surface area contributed by atoms with Crippen LogP contribution in [0.4, 0.5) is 0 Å². The number of aliphatic hydroxyl groups is 1. The summed E-state index contributed by atoms with van der Waals surface area (Å²) >= 11 is 0. The second-order valence-electron chi connectivity index (χ2n) is 9.09. The standard InChI is InChI=1S/C24H32N3O10P/c1-3-4-13-33-21(30)16(2)26-38(32,37-17-8-6-5-7-9-17)35-15-18-20(29)24(11-14-34-24)22(36-18)27-19(28)10-12-25-23(27)31/h5-10,12,16,18,20,22,29H,3-4,11,13-15H2,1-2H3,(H,25,31)(H,26,32)/t16-,18+,20+,22+,24+,38-/m0/s1. The van der Waals surface area contributed by atoms with Crippen molar-refractivity contribution in [2.24, 2.45) is 0 Å². The van der Waals surface area contributed by atoms with Gasteiger partial charge in [0, 0.05) is 18.7 Å². The molecule has 14 heteroatoms. The highest BCUT2D eigenvalue weighted by Gasteiger charge is 2.62. The first-order chi connectivity index (χ1) is 18.2. The third-order valence-corrected chi connectivity index (χ3v) is 8.03. The predicted molar refractivity (Wildman–Crippen MR) is 134 cm³/mol. The van der Waals surface area contributed by atoms with Gasteiger partial charge in [0.2, 0.25) is 0 Å². The summed E-state index contributed by atoms with van der Waals surface area (Å²) in [7, 11) is -4.23. The fourth-order valence-electron chi connectivity index (χ4n) is 4.26. The molecule has 0 bridgehead atoms. The maximum atomic E-state index is 13.8. The normalized spacial score (nSPS) is 26.9. The van der Waals surface area contributed by atoms with Crippen molar-refractivity contribution in [3.8, 4) is 5.75 Å². The highest BCUT2D eigenvalue weighted by molar-refractivity contribution is 7.52. The summed E-state index contributed by atoms with van der Waals surface area (Å²) in [5.74, 6) is -0.428. The lowest BCUT2D eigenvalue weighted by Crippen LogP contribution is -2.59. The number of hydrogen-bond acceptors (Lipinski definition) is 10. The quantitative estimate of drug-likeness (QED) is 0.198. The van der Waals surface area contributed by atoms with Crippen LogP contribution in [0, 0.1) is 0 Å². The van der Waals surface area contributed by atoms with Gasteiger partial charge in [-0.15, -0.1) is 0 Å². The second-order valence-corrected chi connectivity index (χ2v) is 10.8. The van der Waals surface area contributed by atoms with Crippen molar-refractivity contribution < 1.29 is 37.7 Å². The number of ether oxygens (including phenoxy) is 3. The first-order valence-electron chi connectivity index (χ1n) is 12.4. The number of unbranched alkanes of at least 4 members (excludes halogenated alkanes) is 1. The molecule has 4 rings (SSSR count). The Morgan fingerprint density at radius 2 is 2.05 bits per heavy atom. The first-order valence-corrected chi connectivity index (χ1v) is 13.9. The number of aromatic amines is 1. The van der Waals surface area contributed by atoms with Crippen molar-refractivity contribution >= 4 is 13.7 Å². The molecular formula is C24H32N3O10P. The zero-order chi connectivity index (χ0) is 27.3. The van der Waals surface area contributed by atoms with E-state index in [4.69, 9.17) is 23.3 Å². The lowest BCUT2D eigenvalue weighted by atomic mass is 9.86. The summed E-state index contributed by atoms with van der Waals surface area (Å²) in [5.41, 5.74) is -2.74.